The largest absolute Gasteiger partial charge is 0.497 e. The molecule has 2 amide bonds. The van der Waals surface area contributed by atoms with E-state index in [1.807, 2.05) is 42.2 Å². The Bertz CT molecular complexity index is 778. The number of nitrogens with one attached hydrogen (secondary N) is 1. The maximum absolute atomic E-state index is 12.5. The summed E-state index contributed by atoms with van der Waals surface area (Å²) in [6.45, 7) is 2.43. The zero-order valence-electron chi connectivity index (χ0n) is 14.8. The Kier molecular flexibility index (Phi) is 7.03. The fourth-order valence-corrected chi connectivity index (χ4v) is 3.01. The van der Waals surface area contributed by atoms with Crippen molar-refractivity contribution in [3.63, 3.8) is 0 Å². The summed E-state index contributed by atoms with van der Waals surface area (Å²) in [6.07, 6.45) is 0.160. The van der Waals surface area contributed by atoms with Crippen LogP contribution in [-0.2, 0) is 9.59 Å². The number of anilines is 2. The molecular formula is C19H22BrN3O3. The summed E-state index contributed by atoms with van der Waals surface area (Å²) in [5.41, 5.74) is 7.86. The average molecular weight is 420 g/mol. The standard InChI is InChI=1S/C19H22BrN3O3/c1-13-3-8-17(16(20)11-13)22-19(25)12-23(10-9-18(21)24)14-4-6-15(26-2)7-5-14/h3-8,11H,9-10,12H2,1-2H3,(H2,21,24)(H,22,25). The summed E-state index contributed by atoms with van der Waals surface area (Å²) in [5.74, 6) is 0.122. The van der Waals surface area contributed by atoms with Crippen molar-refractivity contribution in [3.05, 3.63) is 52.5 Å². The zero-order chi connectivity index (χ0) is 19.1. The van der Waals surface area contributed by atoms with E-state index in [0.717, 1.165) is 21.5 Å². The van der Waals surface area contributed by atoms with E-state index in [9.17, 15) is 9.59 Å². The van der Waals surface area contributed by atoms with Gasteiger partial charge in [-0.2, -0.15) is 0 Å². The van der Waals surface area contributed by atoms with E-state index >= 15 is 0 Å². The zero-order valence-corrected chi connectivity index (χ0v) is 16.4. The first-order chi connectivity index (χ1) is 12.4. The minimum atomic E-state index is -0.412. The Morgan fingerprint density at radius 1 is 1.19 bits per heavy atom. The van der Waals surface area contributed by atoms with Gasteiger partial charge in [0, 0.05) is 23.1 Å². The summed E-state index contributed by atoms with van der Waals surface area (Å²) in [7, 11) is 1.59. The minimum absolute atomic E-state index is 0.0971. The summed E-state index contributed by atoms with van der Waals surface area (Å²) in [5, 5.41) is 2.88. The molecule has 2 rings (SSSR count). The van der Waals surface area contributed by atoms with E-state index in [-0.39, 0.29) is 18.9 Å². The maximum Gasteiger partial charge on any atom is 0.243 e. The fourth-order valence-electron chi connectivity index (χ4n) is 2.42. The van der Waals surface area contributed by atoms with Crippen molar-refractivity contribution in [3.8, 4) is 5.75 Å². The highest BCUT2D eigenvalue weighted by atomic mass is 79.9. The second kappa shape index (κ2) is 9.24. The molecular weight excluding hydrogens is 398 g/mol. The van der Waals surface area contributed by atoms with Crippen LogP contribution >= 0.6 is 15.9 Å². The molecule has 6 nitrogen and oxygen atoms in total. The number of halogens is 1. The van der Waals surface area contributed by atoms with Gasteiger partial charge in [0.1, 0.15) is 5.75 Å². The number of benzene rings is 2. The molecule has 0 saturated carbocycles. The lowest BCUT2D eigenvalue weighted by Crippen LogP contribution is -2.35. The minimum Gasteiger partial charge on any atom is -0.497 e. The van der Waals surface area contributed by atoms with Gasteiger partial charge < -0.3 is 20.7 Å². The van der Waals surface area contributed by atoms with Crippen molar-refractivity contribution >= 4 is 39.1 Å². The van der Waals surface area contributed by atoms with Gasteiger partial charge in [0.25, 0.3) is 0 Å². The molecule has 0 aliphatic heterocycles. The van der Waals surface area contributed by atoms with Crippen LogP contribution in [0.25, 0.3) is 0 Å². The van der Waals surface area contributed by atoms with Crippen molar-refractivity contribution in [1.29, 1.82) is 0 Å². The molecule has 7 heteroatoms. The van der Waals surface area contributed by atoms with E-state index in [0.29, 0.717) is 12.2 Å². The van der Waals surface area contributed by atoms with Crippen LogP contribution in [0.1, 0.15) is 12.0 Å². The highest BCUT2D eigenvalue weighted by molar-refractivity contribution is 9.10. The maximum atomic E-state index is 12.5. The van der Waals surface area contributed by atoms with Crippen molar-refractivity contribution in [1.82, 2.24) is 0 Å². The smallest absolute Gasteiger partial charge is 0.243 e. The van der Waals surface area contributed by atoms with E-state index in [2.05, 4.69) is 21.2 Å². The lowest BCUT2D eigenvalue weighted by molar-refractivity contribution is -0.118. The number of carbonyl (C=O) groups is 2. The van der Waals surface area contributed by atoms with E-state index in [1.54, 1.807) is 19.2 Å². The Hall–Kier alpha value is -2.54. The molecule has 0 atom stereocenters. The Morgan fingerprint density at radius 3 is 2.46 bits per heavy atom. The number of amides is 2. The number of methoxy groups -OCH3 is 1. The van der Waals surface area contributed by atoms with Gasteiger partial charge in [-0.3, -0.25) is 9.59 Å². The Morgan fingerprint density at radius 2 is 1.88 bits per heavy atom. The van der Waals surface area contributed by atoms with Crippen LogP contribution in [0.15, 0.2) is 46.9 Å². The molecule has 0 aromatic heterocycles. The molecule has 2 aromatic carbocycles. The van der Waals surface area contributed by atoms with E-state index < -0.39 is 5.91 Å². The summed E-state index contributed by atoms with van der Waals surface area (Å²) in [4.78, 5) is 25.5. The van der Waals surface area contributed by atoms with Crippen molar-refractivity contribution in [2.24, 2.45) is 5.73 Å². The number of nitrogens with two attached hydrogens (primary N) is 1. The normalized spacial score (nSPS) is 10.3. The van der Waals surface area contributed by atoms with Crippen LogP contribution in [0, 0.1) is 6.92 Å². The number of ether oxygens (including phenoxy) is 1. The molecule has 2 aromatic rings. The summed E-state index contributed by atoms with van der Waals surface area (Å²) in [6, 6.07) is 13.0. The molecule has 0 spiro atoms. The number of rotatable bonds is 8. The SMILES string of the molecule is COc1ccc(N(CCC(N)=O)CC(=O)Nc2ccc(C)cc2Br)cc1. The number of aryl methyl sites for hydroxylation is 1. The number of primary amides is 1. The first kappa shape index (κ1) is 19.8. The molecule has 0 saturated heterocycles. The van der Waals surface area contributed by atoms with Gasteiger partial charge in [-0.25, -0.2) is 0 Å². The number of carbonyl (C=O) groups excluding carboxylic acids is 2. The van der Waals surface area contributed by atoms with Crippen molar-refractivity contribution in [2.75, 3.05) is 30.4 Å². The van der Waals surface area contributed by atoms with Crippen LogP contribution in [0.2, 0.25) is 0 Å². The topological polar surface area (TPSA) is 84.7 Å². The molecule has 0 aliphatic rings. The van der Waals surface area contributed by atoms with Gasteiger partial charge in [0.2, 0.25) is 11.8 Å². The third-order valence-corrected chi connectivity index (χ3v) is 4.45. The number of nitrogens with zero attached hydrogens (tertiary/aromatic N) is 1. The number of hydrogen-bond donors (Lipinski definition) is 2. The van der Waals surface area contributed by atoms with Crippen molar-refractivity contribution in [2.45, 2.75) is 13.3 Å². The predicted octanol–water partition coefficient (Wildman–Crippen LogP) is 3.09. The lowest BCUT2D eigenvalue weighted by atomic mass is 10.2. The van der Waals surface area contributed by atoms with Crippen LogP contribution in [0.4, 0.5) is 11.4 Å². The second-order valence-electron chi connectivity index (χ2n) is 5.87. The Balaban J connectivity index is 2.11. The van der Waals surface area contributed by atoms with Crippen molar-refractivity contribution < 1.29 is 14.3 Å². The highest BCUT2D eigenvalue weighted by Crippen LogP contribution is 2.24. The van der Waals surface area contributed by atoms with E-state index in [1.165, 1.54) is 0 Å². The predicted molar refractivity (Wildman–Crippen MR) is 107 cm³/mol. The van der Waals surface area contributed by atoms with Crippen LogP contribution in [-0.4, -0.2) is 32.0 Å². The first-order valence-electron chi connectivity index (χ1n) is 8.12. The lowest BCUT2D eigenvalue weighted by Gasteiger charge is -2.24. The summed E-state index contributed by atoms with van der Waals surface area (Å²) < 4.78 is 5.97. The molecule has 138 valence electrons. The van der Waals surface area contributed by atoms with Crippen LogP contribution < -0.4 is 20.7 Å². The molecule has 0 unspecified atom stereocenters. The molecule has 26 heavy (non-hydrogen) atoms. The highest BCUT2D eigenvalue weighted by Gasteiger charge is 2.14. The quantitative estimate of drug-likeness (QED) is 0.688. The molecule has 0 heterocycles. The van der Waals surface area contributed by atoms with Gasteiger partial charge in [-0.05, 0) is 64.8 Å². The fraction of sp³-hybridized carbons (Fsp3) is 0.263. The van der Waals surface area contributed by atoms with Gasteiger partial charge >= 0.3 is 0 Å². The molecule has 0 radical (unpaired) electrons. The van der Waals surface area contributed by atoms with E-state index in [4.69, 9.17) is 10.5 Å². The van der Waals surface area contributed by atoms with Gasteiger partial charge in [0.15, 0.2) is 0 Å². The van der Waals surface area contributed by atoms with Gasteiger partial charge in [0.05, 0.1) is 19.3 Å². The monoisotopic (exact) mass is 419 g/mol. The number of hydrogen-bond acceptors (Lipinski definition) is 4. The molecule has 3 N–H and O–H groups in total. The third kappa shape index (κ3) is 5.77. The second-order valence-corrected chi connectivity index (χ2v) is 6.72. The van der Waals surface area contributed by atoms with Gasteiger partial charge in [-0.1, -0.05) is 6.07 Å². The Labute approximate surface area is 161 Å². The average Bonchev–Trinajstić information content (AvgIpc) is 2.61. The molecule has 0 aliphatic carbocycles. The first-order valence-corrected chi connectivity index (χ1v) is 8.91. The summed E-state index contributed by atoms with van der Waals surface area (Å²) >= 11 is 3.45. The van der Waals surface area contributed by atoms with Crippen LogP contribution in [0.3, 0.4) is 0 Å². The third-order valence-electron chi connectivity index (χ3n) is 3.80. The van der Waals surface area contributed by atoms with Gasteiger partial charge in [-0.15, -0.1) is 0 Å². The molecule has 0 fully saturated rings. The molecule has 0 bridgehead atoms. The van der Waals surface area contributed by atoms with Crippen LogP contribution in [0.5, 0.6) is 5.75 Å².